The van der Waals surface area contributed by atoms with Gasteiger partial charge in [-0.1, -0.05) is 41.9 Å². The number of para-hydroxylation sites is 1. The molecule has 0 aliphatic heterocycles. The largest absolute Gasteiger partial charge is 0.363 e. The summed E-state index contributed by atoms with van der Waals surface area (Å²) in [4.78, 5) is 4.77. The molecule has 24 heavy (non-hydrogen) atoms. The number of fused-ring (bicyclic) bond motifs is 3. The van der Waals surface area contributed by atoms with Gasteiger partial charge < -0.3 is 5.32 Å². The minimum Gasteiger partial charge on any atom is -0.363 e. The number of rotatable bonds is 3. The van der Waals surface area contributed by atoms with Crippen molar-refractivity contribution in [2.24, 2.45) is 0 Å². The summed E-state index contributed by atoms with van der Waals surface area (Å²) in [6, 6.07) is 18.0. The molecule has 0 saturated heterocycles. The van der Waals surface area contributed by atoms with Crippen LogP contribution in [-0.4, -0.2) is 14.6 Å². The van der Waals surface area contributed by atoms with E-state index < -0.39 is 0 Å². The summed E-state index contributed by atoms with van der Waals surface area (Å²) >= 11 is 6.33. The van der Waals surface area contributed by atoms with Crippen molar-refractivity contribution in [3.63, 3.8) is 0 Å². The fourth-order valence-corrected chi connectivity index (χ4v) is 3.29. The van der Waals surface area contributed by atoms with Crippen molar-refractivity contribution in [1.29, 1.82) is 0 Å². The molecular formula is C19H17ClN4. The van der Waals surface area contributed by atoms with Gasteiger partial charge in [-0.3, -0.25) is 0 Å². The van der Waals surface area contributed by atoms with Gasteiger partial charge in [-0.15, -0.1) is 0 Å². The fourth-order valence-electron chi connectivity index (χ4n) is 3.00. The minimum absolute atomic E-state index is 0.0427. The molecule has 1 atom stereocenters. The molecule has 4 nitrogen and oxygen atoms in total. The highest BCUT2D eigenvalue weighted by Crippen LogP contribution is 2.29. The van der Waals surface area contributed by atoms with Crippen LogP contribution in [0.2, 0.25) is 5.02 Å². The Balaban J connectivity index is 1.85. The molecule has 5 heteroatoms. The van der Waals surface area contributed by atoms with Crippen LogP contribution in [0.25, 0.3) is 16.6 Å². The van der Waals surface area contributed by atoms with E-state index in [-0.39, 0.29) is 6.04 Å². The predicted octanol–water partition coefficient (Wildman–Crippen LogP) is 5.02. The van der Waals surface area contributed by atoms with Crippen LogP contribution in [0.1, 0.15) is 24.2 Å². The Morgan fingerprint density at radius 1 is 1.08 bits per heavy atom. The van der Waals surface area contributed by atoms with Gasteiger partial charge in [0.2, 0.25) is 0 Å². The monoisotopic (exact) mass is 336 g/mol. The quantitative estimate of drug-likeness (QED) is 0.571. The smallest absolute Gasteiger partial charge is 0.158 e. The Labute approximate surface area is 145 Å². The van der Waals surface area contributed by atoms with Gasteiger partial charge in [0.15, 0.2) is 5.65 Å². The molecule has 2 heterocycles. The standard InChI is InChI=1S/C19H17ClN4/c1-12-11-18-22-19(15-8-4-6-10-17(15)24(18)23-12)21-13(2)14-7-3-5-9-16(14)20/h3-11,13H,1-2H3,(H,21,22)/t13-/m1/s1. The second kappa shape index (κ2) is 5.80. The molecule has 0 bridgehead atoms. The SMILES string of the molecule is Cc1cc2nc(N[C@H](C)c3ccccc3Cl)c3ccccc3n2n1. The Bertz CT molecular complexity index is 1040. The first-order chi connectivity index (χ1) is 11.6. The lowest BCUT2D eigenvalue weighted by Gasteiger charge is -2.18. The van der Waals surface area contributed by atoms with Gasteiger partial charge in [0, 0.05) is 16.5 Å². The van der Waals surface area contributed by atoms with E-state index in [9.17, 15) is 0 Å². The van der Waals surface area contributed by atoms with E-state index in [4.69, 9.17) is 16.6 Å². The molecular weight excluding hydrogens is 320 g/mol. The number of hydrogen-bond acceptors (Lipinski definition) is 3. The number of nitrogens with one attached hydrogen (secondary N) is 1. The van der Waals surface area contributed by atoms with Crippen molar-refractivity contribution >= 4 is 34.0 Å². The maximum absolute atomic E-state index is 6.33. The number of hydrogen-bond donors (Lipinski definition) is 1. The van der Waals surface area contributed by atoms with Crippen LogP contribution < -0.4 is 5.32 Å². The molecule has 0 aliphatic rings. The van der Waals surface area contributed by atoms with Crippen LogP contribution in [0.15, 0.2) is 54.6 Å². The summed E-state index contributed by atoms with van der Waals surface area (Å²) in [5.74, 6) is 0.838. The highest BCUT2D eigenvalue weighted by atomic mass is 35.5. The van der Waals surface area contributed by atoms with Gasteiger partial charge in [0.1, 0.15) is 5.82 Å². The second-order valence-electron chi connectivity index (χ2n) is 5.92. The first kappa shape index (κ1) is 15.0. The Morgan fingerprint density at radius 3 is 2.67 bits per heavy atom. The van der Waals surface area contributed by atoms with Gasteiger partial charge in [0.05, 0.1) is 17.3 Å². The van der Waals surface area contributed by atoms with E-state index in [2.05, 4.69) is 29.5 Å². The maximum Gasteiger partial charge on any atom is 0.158 e. The van der Waals surface area contributed by atoms with Crippen LogP contribution >= 0.6 is 11.6 Å². The number of nitrogens with zero attached hydrogens (tertiary/aromatic N) is 3. The van der Waals surface area contributed by atoms with E-state index in [0.29, 0.717) is 0 Å². The Morgan fingerprint density at radius 2 is 1.83 bits per heavy atom. The van der Waals surface area contributed by atoms with E-state index in [1.165, 1.54) is 0 Å². The van der Waals surface area contributed by atoms with E-state index >= 15 is 0 Å². The molecule has 0 amide bonds. The molecule has 2 aromatic heterocycles. The maximum atomic E-state index is 6.33. The molecule has 4 rings (SSSR count). The molecule has 120 valence electrons. The average Bonchev–Trinajstić information content (AvgIpc) is 2.96. The van der Waals surface area contributed by atoms with Crippen LogP contribution in [0.4, 0.5) is 5.82 Å². The molecule has 0 saturated carbocycles. The zero-order valence-electron chi connectivity index (χ0n) is 13.5. The second-order valence-corrected chi connectivity index (χ2v) is 6.33. The van der Waals surface area contributed by atoms with Crippen LogP contribution in [0.5, 0.6) is 0 Å². The van der Waals surface area contributed by atoms with Gasteiger partial charge in [-0.25, -0.2) is 9.50 Å². The summed E-state index contributed by atoms with van der Waals surface area (Å²) in [5, 5.41) is 9.83. The fraction of sp³-hybridized carbons (Fsp3) is 0.158. The van der Waals surface area contributed by atoms with Gasteiger partial charge >= 0.3 is 0 Å². The number of benzene rings is 2. The molecule has 0 unspecified atom stereocenters. The number of halogens is 1. The average molecular weight is 337 g/mol. The third kappa shape index (κ3) is 2.49. The molecule has 0 radical (unpaired) electrons. The normalized spacial score (nSPS) is 12.6. The van der Waals surface area contributed by atoms with Crippen molar-refractivity contribution < 1.29 is 0 Å². The predicted molar refractivity (Wildman–Crippen MR) is 98.7 cm³/mol. The Kier molecular flexibility index (Phi) is 3.62. The lowest BCUT2D eigenvalue weighted by molar-refractivity contribution is 0.874. The lowest BCUT2D eigenvalue weighted by atomic mass is 10.1. The minimum atomic E-state index is 0.0427. The van der Waals surface area contributed by atoms with Gasteiger partial charge in [-0.05, 0) is 37.6 Å². The first-order valence-electron chi connectivity index (χ1n) is 7.89. The van der Waals surface area contributed by atoms with E-state index in [0.717, 1.165) is 38.6 Å². The Hall–Kier alpha value is -2.59. The van der Waals surface area contributed by atoms with Crippen LogP contribution in [0.3, 0.4) is 0 Å². The summed E-state index contributed by atoms with van der Waals surface area (Å²) in [6.45, 7) is 4.06. The molecule has 0 aliphatic carbocycles. The number of aromatic nitrogens is 3. The molecule has 0 spiro atoms. The highest BCUT2D eigenvalue weighted by Gasteiger charge is 2.14. The first-order valence-corrected chi connectivity index (χ1v) is 8.27. The topological polar surface area (TPSA) is 42.2 Å². The number of anilines is 1. The van der Waals surface area contributed by atoms with Crippen molar-refractivity contribution in [2.45, 2.75) is 19.9 Å². The molecule has 2 aromatic carbocycles. The van der Waals surface area contributed by atoms with Crippen LogP contribution in [-0.2, 0) is 0 Å². The third-order valence-corrected chi connectivity index (χ3v) is 4.50. The molecule has 0 fully saturated rings. The summed E-state index contributed by atoms with van der Waals surface area (Å²) in [5.41, 5.74) is 3.86. The van der Waals surface area contributed by atoms with Gasteiger partial charge in [0.25, 0.3) is 0 Å². The number of aryl methyl sites for hydroxylation is 1. The van der Waals surface area contributed by atoms with Crippen molar-refractivity contribution in [3.8, 4) is 0 Å². The zero-order valence-corrected chi connectivity index (χ0v) is 14.2. The zero-order chi connectivity index (χ0) is 16.7. The highest BCUT2D eigenvalue weighted by molar-refractivity contribution is 6.31. The van der Waals surface area contributed by atoms with Crippen molar-refractivity contribution in [1.82, 2.24) is 14.6 Å². The van der Waals surface area contributed by atoms with Gasteiger partial charge in [-0.2, -0.15) is 5.10 Å². The van der Waals surface area contributed by atoms with E-state index in [1.807, 2.05) is 53.9 Å². The summed E-state index contributed by atoms with van der Waals surface area (Å²) in [6.07, 6.45) is 0. The summed E-state index contributed by atoms with van der Waals surface area (Å²) in [7, 11) is 0. The van der Waals surface area contributed by atoms with Crippen molar-refractivity contribution in [2.75, 3.05) is 5.32 Å². The lowest BCUT2D eigenvalue weighted by Crippen LogP contribution is -2.10. The van der Waals surface area contributed by atoms with Crippen LogP contribution in [0, 0.1) is 6.92 Å². The third-order valence-electron chi connectivity index (χ3n) is 4.15. The van der Waals surface area contributed by atoms with Crippen molar-refractivity contribution in [3.05, 3.63) is 70.9 Å². The molecule has 1 N–H and O–H groups in total. The summed E-state index contributed by atoms with van der Waals surface area (Å²) < 4.78 is 1.88. The molecule has 4 aromatic rings. The van der Waals surface area contributed by atoms with E-state index in [1.54, 1.807) is 0 Å².